The Morgan fingerprint density at radius 2 is 2.21 bits per heavy atom. The molecule has 2 N–H and O–H groups in total. The number of carbonyl (C=O) groups excluding carboxylic acids is 2. The Morgan fingerprint density at radius 3 is 2.84 bits per heavy atom. The van der Waals surface area contributed by atoms with Crippen molar-refractivity contribution in [1.82, 2.24) is 15.5 Å². The fraction of sp³-hybridized carbons (Fsp3) is 0.833. The Labute approximate surface area is 118 Å². The molecule has 2 aliphatic heterocycles. The number of nitrogens with zero attached hydrogens (tertiary/aromatic N) is 1. The van der Waals surface area contributed by atoms with E-state index in [2.05, 4.69) is 10.6 Å². The van der Waals surface area contributed by atoms with Gasteiger partial charge in [-0.15, -0.1) is 12.4 Å². The number of nitrogens with one attached hydrogen (secondary N) is 2. The van der Waals surface area contributed by atoms with Gasteiger partial charge in [0, 0.05) is 32.1 Å². The van der Waals surface area contributed by atoms with E-state index in [4.69, 9.17) is 4.74 Å². The van der Waals surface area contributed by atoms with Crippen LogP contribution in [-0.2, 0) is 14.3 Å². The zero-order chi connectivity index (χ0) is 12.5. The van der Waals surface area contributed by atoms with Gasteiger partial charge in [-0.3, -0.25) is 9.59 Å². The number of carbonyl (C=O) groups is 2. The van der Waals surface area contributed by atoms with Gasteiger partial charge in [0.05, 0.1) is 12.6 Å². The first-order valence-corrected chi connectivity index (χ1v) is 6.66. The summed E-state index contributed by atoms with van der Waals surface area (Å²) < 4.78 is 5.39. The summed E-state index contributed by atoms with van der Waals surface area (Å²) in [5, 5.41) is 6.05. The summed E-state index contributed by atoms with van der Waals surface area (Å²) in [5.74, 6) is 0.0723. The lowest BCUT2D eigenvalue weighted by molar-refractivity contribution is -0.134. The van der Waals surface area contributed by atoms with E-state index >= 15 is 0 Å². The lowest BCUT2D eigenvalue weighted by atomic mass is 10.2. The van der Waals surface area contributed by atoms with Gasteiger partial charge in [-0.25, -0.2) is 0 Å². The molecule has 6 nitrogen and oxygen atoms in total. The molecule has 0 aromatic heterocycles. The summed E-state index contributed by atoms with van der Waals surface area (Å²) in [7, 11) is 0. The maximum Gasteiger partial charge on any atom is 0.250 e. The minimum absolute atomic E-state index is 0. The Bertz CT molecular complexity index is 356. The molecule has 0 bridgehead atoms. The van der Waals surface area contributed by atoms with Gasteiger partial charge in [0.1, 0.15) is 6.10 Å². The first kappa shape index (κ1) is 14.6. The highest BCUT2D eigenvalue weighted by molar-refractivity contribution is 5.85. The molecule has 2 unspecified atom stereocenters. The summed E-state index contributed by atoms with van der Waals surface area (Å²) in [4.78, 5) is 25.6. The molecule has 1 aliphatic carbocycles. The number of halogens is 1. The zero-order valence-corrected chi connectivity index (χ0v) is 11.6. The zero-order valence-electron chi connectivity index (χ0n) is 10.8. The van der Waals surface area contributed by atoms with Crippen LogP contribution in [-0.4, -0.2) is 61.1 Å². The van der Waals surface area contributed by atoms with Crippen LogP contribution in [0.1, 0.15) is 19.3 Å². The van der Waals surface area contributed by atoms with Crippen molar-refractivity contribution in [1.29, 1.82) is 0 Å². The largest absolute Gasteiger partial charge is 0.366 e. The third-order valence-corrected chi connectivity index (χ3v) is 3.71. The van der Waals surface area contributed by atoms with E-state index in [9.17, 15) is 9.59 Å². The van der Waals surface area contributed by atoms with E-state index in [1.54, 1.807) is 0 Å². The molecular formula is C12H20ClN3O3. The highest BCUT2D eigenvalue weighted by Gasteiger charge is 2.40. The third kappa shape index (κ3) is 3.38. The van der Waals surface area contributed by atoms with Crippen molar-refractivity contribution in [2.45, 2.75) is 37.5 Å². The number of rotatable bonds is 3. The number of hydrogen-bond donors (Lipinski definition) is 2. The fourth-order valence-electron chi connectivity index (χ4n) is 2.60. The Balaban J connectivity index is 0.00000133. The molecule has 2 atom stereocenters. The second-order valence-corrected chi connectivity index (χ2v) is 5.25. The van der Waals surface area contributed by atoms with Crippen LogP contribution in [0, 0.1) is 0 Å². The minimum Gasteiger partial charge on any atom is -0.366 e. The Morgan fingerprint density at radius 1 is 1.42 bits per heavy atom. The topological polar surface area (TPSA) is 70.7 Å². The molecule has 0 radical (unpaired) electrons. The molecule has 19 heavy (non-hydrogen) atoms. The SMILES string of the molecule is Cl.O=C(NC1CC(=O)N(C2CC2)C1)C1CNCCO1. The molecule has 108 valence electrons. The van der Waals surface area contributed by atoms with Crippen LogP contribution >= 0.6 is 12.4 Å². The molecule has 2 amide bonds. The second-order valence-electron chi connectivity index (χ2n) is 5.25. The van der Waals surface area contributed by atoms with Gasteiger partial charge in [-0.1, -0.05) is 0 Å². The number of amides is 2. The van der Waals surface area contributed by atoms with Gasteiger partial charge in [-0.05, 0) is 12.8 Å². The molecule has 3 fully saturated rings. The lowest BCUT2D eigenvalue weighted by Crippen LogP contribution is -2.50. The van der Waals surface area contributed by atoms with Crippen molar-refractivity contribution in [3.05, 3.63) is 0 Å². The van der Waals surface area contributed by atoms with E-state index in [1.165, 1.54) is 0 Å². The van der Waals surface area contributed by atoms with Gasteiger partial charge in [-0.2, -0.15) is 0 Å². The van der Waals surface area contributed by atoms with E-state index in [1.807, 2.05) is 4.90 Å². The van der Waals surface area contributed by atoms with Gasteiger partial charge >= 0.3 is 0 Å². The van der Waals surface area contributed by atoms with E-state index in [-0.39, 0.29) is 30.3 Å². The van der Waals surface area contributed by atoms with Crippen LogP contribution in [0.25, 0.3) is 0 Å². The molecule has 0 aromatic rings. The average molecular weight is 290 g/mol. The van der Waals surface area contributed by atoms with Crippen LogP contribution in [0.4, 0.5) is 0 Å². The third-order valence-electron chi connectivity index (χ3n) is 3.71. The highest BCUT2D eigenvalue weighted by atomic mass is 35.5. The van der Waals surface area contributed by atoms with Crippen LogP contribution < -0.4 is 10.6 Å². The van der Waals surface area contributed by atoms with E-state index in [0.29, 0.717) is 32.2 Å². The van der Waals surface area contributed by atoms with Gasteiger partial charge in [0.15, 0.2) is 0 Å². The van der Waals surface area contributed by atoms with Crippen molar-refractivity contribution in [2.24, 2.45) is 0 Å². The van der Waals surface area contributed by atoms with Crippen molar-refractivity contribution in [2.75, 3.05) is 26.2 Å². The van der Waals surface area contributed by atoms with Crippen molar-refractivity contribution >= 4 is 24.2 Å². The monoisotopic (exact) mass is 289 g/mol. The lowest BCUT2D eigenvalue weighted by Gasteiger charge is -2.24. The fourth-order valence-corrected chi connectivity index (χ4v) is 2.60. The maximum atomic E-state index is 11.9. The van der Waals surface area contributed by atoms with Crippen LogP contribution in [0.2, 0.25) is 0 Å². The summed E-state index contributed by atoms with van der Waals surface area (Å²) in [5.41, 5.74) is 0. The molecule has 7 heteroatoms. The van der Waals surface area contributed by atoms with E-state index < -0.39 is 6.10 Å². The second kappa shape index (κ2) is 6.07. The summed E-state index contributed by atoms with van der Waals surface area (Å²) in [6.07, 6.45) is 2.25. The highest BCUT2D eigenvalue weighted by Crippen LogP contribution is 2.30. The number of hydrogen-bond acceptors (Lipinski definition) is 4. The number of likely N-dealkylation sites (tertiary alicyclic amines) is 1. The molecule has 3 aliphatic rings. The van der Waals surface area contributed by atoms with E-state index in [0.717, 1.165) is 19.4 Å². The molecular weight excluding hydrogens is 270 g/mol. The van der Waals surface area contributed by atoms with Gasteiger partial charge in [0.25, 0.3) is 5.91 Å². The summed E-state index contributed by atoms with van der Waals surface area (Å²) >= 11 is 0. The molecule has 0 spiro atoms. The van der Waals surface area contributed by atoms with Crippen LogP contribution in [0.3, 0.4) is 0 Å². The van der Waals surface area contributed by atoms with Crippen LogP contribution in [0.5, 0.6) is 0 Å². The van der Waals surface area contributed by atoms with Crippen molar-refractivity contribution in [3.8, 4) is 0 Å². The summed E-state index contributed by atoms with van der Waals surface area (Å²) in [6.45, 7) is 2.57. The van der Waals surface area contributed by atoms with Gasteiger partial charge in [0.2, 0.25) is 5.91 Å². The Hall–Kier alpha value is -0.850. The molecule has 1 saturated carbocycles. The standard InChI is InChI=1S/C12H19N3O3.ClH/c16-11-5-8(7-15(11)9-1-2-9)14-12(17)10-6-13-3-4-18-10;/h8-10,13H,1-7H2,(H,14,17);1H. The smallest absolute Gasteiger partial charge is 0.250 e. The van der Waals surface area contributed by atoms with Crippen molar-refractivity contribution in [3.63, 3.8) is 0 Å². The first-order valence-electron chi connectivity index (χ1n) is 6.66. The summed E-state index contributed by atoms with van der Waals surface area (Å²) in [6, 6.07) is 0.392. The number of morpholine rings is 1. The predicted octanol–water partition coefficient (Wildman–Crippen LogP) is -0.724. The number of ether oxygens (including phenoxy) is 1. The van der Waals surface area contributed by atoms with Gasteiger partial charge < -0.3 is 20.3 Å². The average Bonchev–Trinajstić information content (AvgIpc) is 3.15. The quantitative estimate of drug-likeness (QED) is 0.719. The minimum atomic E-state index is -0.413. The normalized spacial score (nSPS) is 30.9. The molecule has 2 saturated heterocycles. The molecule has 3 rings (SSSR count). The molecule has 0 aromatic carbocycles. The van der Waals surface area contributed by atoms with Crippen LogP contribution in [0.15, 0.2) is 0 Å². The first-order chi connectivity index (χ1) is 8.74. The Kier molecular flexibility index (Phi) is 4.65. The predicted molar refractivity (Wildman–Crippen MR) is 71.1 cm³/mol. The molecule has 2 heterocycles. The van der Waals surface area contributed by atoms with Crippen molar-refractivity contribution < 1.29 is 14.3 Å². The maximum absolute atomic E-state index is 11.9.